The summed E-state index contributed by atoms with van der Waals surface area (Å²) in [7, 11) is 1.60. The van der Waals surface area contributed by atoms with Gasteiger partial charge in [-0.05, 0) is 37.3 Å². The van der Waals surface area contributed by atoms with Gasteiger partial charge in [-0.15, -0.1) is 0 Å². The average Bonchev–Trinajstić information content (AvgIpc) is 3.18. The van der Waals surface area contributed by atoms with Gasteiger partial charge in [0, 0.05) is 44.6 Å². The lowest BCUT2D eigenvalue weighted by molar-refractivity contribution is -0.120. The number of nitrogens with zero attached hydrogens (tertiary/aromatic N) is 2. The predicted molar refractivity (Wildman–Crippen MR) is 98.5 cm³/mol. The molecular formula is C19H27N3O4. The van der Waals surface area contributed by atoms with Crippen molar-refractivity contribution in [1.29, 1.82) is 0 Å². The average molecular weight is 361 g/mol. The van der Waals surface area contributed by atoms with E-state index in [0.717, 1.165) is 38.2 Å². The number of carbonyl (C=O) groups excluding carboxylic acids is 2. The van der Waals surface area contributed by atoms with Crippen LogP contribution < -0.4 is 15.0 Å². The molecule has 7 heteroatoms. The third-order valence-corrected chi connectivity index (χ3v) is 4.96. The van der Waals surface area contributed by atoms with E-state index < -0.39 is 0 Å². The van der Waals surface area contributed by atoms with Gasteiger partial charge in [0.15, 0.2) is 0 Å². The number of ether oxygens (including phenoxy) is 2. The molecule has 2 heterocycles. The summed E-state index contributed by atoms with van der Waals surface area (Å²) in [5, 5.41) is 2.93. The Bertz CT molecular complexity index is 631. The van der Waals surface area contributed by atoms with Gasteiger partial charge < -0.3 is 24.6 Å². The molecule has 2 aliphatic rings. The number of anilines is 1. The molecule has 0 aromatic heterocycles. The third-order valence-electron chi connectivity index (χ3n) is 4.96. The maximum Gasteiger partial charge on any atom is 0.317 e. The van der Waals surface area contributed by atoms with E-state index in [9.17, 15) is 9.59 Å². The molecule has 26 heavy (non-hydrogen) atoms. The first-order valence-electron chi connectivity index (χ1n) is 9.22. The second kappa shape index (κ2) is 8.89. The SMILES string of the molecule is COc1cccc(N2CCN(C(=O)NCCCC3CCOC3)CC2=O)c1. The Kier molecular flexibility index (Phi) is 6.33. The molecule has 2 aliphatic heterocycles. The van der Waals surface area contributed by atoms with Crippen LogP contribution in [0.2, 0.25) is 0 Å². The first-order valence-corrected chi connectivity index (χ1v) is 9.22. The molecule has 0 radical (unpaired) electrons. The van der Waals surface area contributed by atoms with Crippen LogP contribution in [0.5, 0.6) is 5.75 Å². The molecule has 1 aromatic rings. The molecule has 0 aliphatic carbocycles. The smallest absolute Gasteiger partial charge is 0.317 e. The zero-order valence-electron chi connectivity index (χ0n) is 15.3. The van der Waals surface area contributed by atoms with Gasteiger partial charge in [-0.3, -0.25) is 4.79 Å². The summed E-state index contributed by atoms with van der Waals surface area (Å²) in [6.07, 6.45) is 3.13. The zero-order valence-corrected chi connectivity index (χ0v) is 15.3. The Hall–Kier alpha value is -2.28. The highest BCUT2D eigenvalue weighted by atomic mass is 16.5. The van der Waals surface area contributed by atoms with Crippen LogP contribution in [0.25, 0.3) is 0 Å². The lowest BCUT2D eigenvalue weighted by atomic mass is 10.0. The molecule has 1 N–H and O–H groups in total. The maximum absolute atomic E-state index is 12.5. The Morgan fingerprint density at radius 1 is 1.38 bits per heavy atom. The van der Waals surface area contributed by atoms with Gasteiger partial charge in [0.05, 0.1) is 7.11 Å². The summed E-state index contributed by atoms with van der Waals surface area (Å²) in [4.78, 5) is 28.0. The quantitative estimate of drug-likeness (QED) is 0.785. The van der Waals surface area contributed by atoms with Gasteiger partial charge in [-0.1, -0.05) is 6.07 Å². The van der Waals surface area contributed by atoms with E-state index in [4.69, 9.17) is 9.47 Å². The molecule has 1 aromatic carbocycles. The van der Waals surface area contributed by atoms with Gasteiger partial charge >= 0.3 is 6.03 Å². The minimum atomic E-state index is -0.161. The number of hydrogen-bond acceptors (Lipinski definition) is 4. The molecule has 3 amide bonds. The van der Waals surface area contributed by atoms with E-state index in [1.54, 1.807) is 16.9 Å². The molecule has 1 unspecified atom stereocenters. The standard InChI is InChI=1S/C19H27N3O4/c1-25-17-6-2-5-16(12-17)22-10-9-21(13-18(22)23)19(24)20-8-3-4-15-7-11-26-14-15/h2,5-6,12,15H,3-4,7-11,13-14H2,1H3,(H,20,24). The van der Waals surface area contributed by atoms with Crippen molar-refractivity contribution >= 4 is 17.6 Å². The van der Waals surface area contributed by atoms with E-state index >= 15 is 0 Å². The minimum Gasteiger partial charge on any atom is -0.497 e. The zero-order chi connectivity index (χ0) is 18.4. The molecule has 0 spiro atoms. The first kappa shape index (κ1) is 18.5. The Labute approximate surface area is 154 Å². The molecule has 0 saturated carbocycles. The van der Waals surface area contributed by atoms with E-state index in [1.807, 2.05) is 24.3 Å². The van der Waals surface area contributed by atoms with Crippen LogP contribution in [0.4, 0.5) is 10.5 Å². The lowest BCUT2D eigenvalue weighted by Crippen LogP contribution is -2.55. The van der Waals surface area contributed by atoms with Crippen molar-refractivity contribution in [3.63, 3.8) is 0 Å². The van der Waals surface area contributed by atoms with Crippen molar-refractivity contribution in [2.75, 3.05) is 51.4 Å². The number of piperazine rings is 1. The number of rotatable bonds is 6. The van der Waals surface area contributed by atoms with Crippen molar-refractivity contribution in [1.82, 2.24) is 10.2 Å². The van der Waals surface area contributed by atoms with E-state index in [1.165, 1.54) is 0 Å². The number of urea groups is 1. The molecule has 2 fully saturated rings. The highest BCUT2D eigenvalue weighted by Crippen LogP contribution is 2.22. The summed E-state index contributed by atoms with van der Waals surface area (Å²) in [6, 6.07) is 7.25. The number of amides is 3. The highest BCUT2D eigenvalue weighted by molar-refractivity contribution is 5.97. The summed E-state index contributed by atoms with van der Waals surface area (Å²) in [5.74, 6) is 1.26. The van der Waals surface area contributed by atoms with Gasteiger partial charge in [-0.2, -0.15) is 0 Å². The van der Waals surface area contributed by atoms with Gasteiger partial charge in [0.25, 0.3) is 0 Å². The number of carbonyl (C=O) groups is 2. The summed E-state index contributed by atoms with van der Waals surface area (Å²) >= 11 is 0. The fourth-order valence-corrected chi connectivity index (χ4v) is 3.41. The van der Waals surface area contributed by atoms with Crippen molar-refractivity contribution in [2.45, 2.75) is 19.3 Å². The summed E-state index contributed by atoms with van der Waals surface area (Å²) < 4.78 is 10.6. The topological polar surface area (TPSA) is 71.1 Å². The molecule has 1 atom stereocenters. The van der Waals surface area contributed by atoms with E-state index in [0.29, 0.717) is 31.3 Å². The van der Waals surface area contributed by atoms with Crippen molar-refractivity contribution in [2.24, 2.45) is 5.92 Å². The Morgan fingerprint density at radius 3 is 3.00 bits per heavy atom. The summed E-state index contributed by atoms with van der Waals surface area (Å²) in [6.45, 7) is 3.44. The number of nitrogens with one attached hydrogen (secondary N) is 1. The normalized spacial score (nSPS) is 20.3. The van der Waals surface area contributed by atoms with Gasteiger partial charge in [-0.25, -0.2) is 4.79 Å². The highest BCUT2D eigenvalue weighted by Gasteiger charge is 2.28. The molecule has 2 saturated heterocycles. The molecule has 0 bridgehead atoms. The van der Waals surface area contributed by atoms with E-state index in [2.05, 4.69) is 5.32 Å². The number of benzene rings is 1. The van der Waals surface area contributed by atoms with Crippen LogP contribution in [0, 0.1) is 5.92 Å². The number of hydrogen-bond donors (Lipinski definition) is 1. The third kappa shape index (κ3) is 4.66. The van der Waals surface area contributed by atoms with Crippen LogP contribution in [0.15, 0.2) is 24.3 Å². The van der Waals surface area contributed by atoms with Crippen LogP contribution in [0.3, 0.4) is 0 Å². The lowest BCUT2D eigenvalue weighted by Gasteiger charge is -2.34. The molecule has 7 nitrogen and oxygen atoms in total. The van der Waals surface area contributed by atoms with Crippen molar-refractivity contribution < 1.29 is 19.1 Å². The monoisotopic (exact) mass is 361 g/mol. The van der Waals surface area contributed by atoms with Crippen molar-refractivity contribution in [3.05, 3.63) is 24.3 Å². The first-order chi connectivity index (χ1) is 12.7. The molecule has 3 rings (SSSR count). The van der Waals surface area contributed by atoms with Crippen LogP contribution in [-0.2, 0) is 9.53 Å². The summed E-state index contributed by atoms with van der Waals surface area (Å²) in [5.41, 5.74) is 0.799. The Morgan fingerprint density at radius 2 is 2.27 bits per heavy atom. The van der Waals surface area contributed by atoms with Crippen LogP contribution >= 0.6 is 0 Å². The van der Waals surface area contributed by atoms with Gasteiger partial charge in [0.2, 0.25) is 5.91 Å². The van der Waals surface area contributed by atoms with E-state index in [-0.39, 0.29) is 18.5 Å². The second-order valence-corrected chi connectivity index (χ2v) is 6.77. The Balaban J connectivity index is 1.43. The molecule has 142 valence electrons. The largest absolute Gasteiger partial charge is 0.497 e. The van der Waals surface area contributed by atoms with Gasteiger partial charge in [0.1, 0.15) is 12.3 Å². The van der Waals surface area contributed by atoms with Crippen LogP contribution in [0.1, 0.15) is 19.3 Å². The maximum atomic E-state index is 12.5. The minimum absolute atomic E-state index is 0.0808. The fourth-order valence-electron chi connectivity index (χ4n) is 3.41. The predicted octanol–water partition coefficient (Wildman–Crippen LogP) is 1.87. The number of methoxy groups -OCH3 is 1. The molecular weight excluding hydrogens is 334 g/mol. The second-order valence-electron chi connectivity index (χ2n) is 6.77. The van der Waals surface area contributed by atoms with Crippen LogP contribution in [-0.4, -0.2) is 63.3 Å². The van der Waals surface area contributed by atoms with Crippen molar-refractivity contribution in [3.8, 4) is 5.75 Å². The fraction of sp³-hybridized carbons (Fsp3) is 0.579.